The van der Waals surface area contributed by atoms with Crippen molar-refractivity contribution in [2.45, 2.75) is 33.2 Å². The van der Waals surface area contributed by atoms with Crippen molar-refractivity contribution in [3.05, 3.63) is 46.3 Å². The molecule has 1 aromatic heterocycles. The fourth-order valence-corrected chi connectivity index (χ4v) is 4.64. The van der Waals surface area contributed by atoms with Crippen LogP contribution >= 0.6 is 11.3 Å². The number of benzene rings is 1. The number of carbonyl (C=O) groups is 2. The van der Waals surface area contributed by atoms with Gasteiger partial charge < -0.3 is 19.7 Å². The Labute approximate surface area is 169 Å². The number of para-hydroxylation sites is 1. The van der Waals surface area contributed by atoms with E-state index in [0.717, 1.165) is 37.4 Å². The third kappa shape index (κ3) is 4.91. The summed E-state index contributed by atoms with van der Waals surface area (Å²) in [4.78, 5) is 27.6. The highest BCUT2D eigenvalue weighted by atomic mass is 32.1. The SMILES string of the molecule is CCOC(=O)c1c(NC(=O)CCOc2ccccc2)sc2c1CC[NH+](CC)C2. The summed E-state index contributed by atoms with van der Waals surface area (Å²) >= 11 is 1.50. The maximum absolute atomic E-state index is 12.5. The Morgan fingerprint density at radius 3 is 2.71 bits per heavy atom. The molecular weight excluding hydrogens is 376 g/mol. The van der Waals surface area contributed by atoms with Crippen LogP contribution in [-0.4, -0.2) is 38.2 Å². The lowest BCUT2D eigenvalue weighted by Crippen LogP contribution is -3.11. The van der Waals surface area contributed by atoms with Crippen LogP contribution in [0.25, 0.3) is 0 Å². The Bertz CT molecular complexity index is 819. The third-order valence-corrected chi connectivity index (χ3v) is 5.95. The monoisotopic (exact) mass is 403 g/mol. The van der Waals surface area contributed by atoms with Crippen molar-refractivity contribution in [1.29, 1.82) is 0 Å². The normalized spacial score (nSPS) is 15.6. The quantitative estimate of drug-likeness (QED) is 0.664. The molecule has 0 aliphatic carbocycles. The van der Waals surface area contributed by atoms with E-state index < -0.39 is 0 Å². The van der Waals surface area contributed by atoms with Crippen LogP contribution in [0.2, 0.25) is 0 Å². The minimum Gasteiger partial charge on any atom is -0.493 e. The Morgan fingerprint density at radius 1 is 1.21 bits per heavy atom. The first-order valence-corrected chi connectivity index (χ1v) is 10.6. The number of hydrogen-bond acceptors (Lipinski definition) is 5. The van der Waals surface area contributed by atoms with Crippen molar-refractivity contribution in [2.24, 2.45) is 0 Å². The number of quaternary nitrogens is 1. The zero-order valence-electron chi connectivity index (χ0n) is 16.4. The summed E-state index contributed by atoms with van der Waals surface area (Å²) in [5.74, 6) is 0.215. The number of likely N-dealkylation sites (N-methyl/N-ethyl adjacent to an activating group) is 1. The molecule has 28 heavy (non-hydrogen) atoms. The summed E-state index contributed by atoms with van der Waals surface area (Å²) in [6, 6.07) is 9.39. The minimum atomic E-state index is -0.351. The van der Waals surface area contributed by atoms with Gasteiger partial charge in [0.05, 0.1) is 43.2 Å². The Balaban J connectivity index is 1.68. The van der Waals surface area contributed by atoms with Gasteiger partial charge in [-0.2, -0.15) is 0 Å². The lowest BCUT2D eigenvalue weighted by atomic mass is 10.0. The first-order valence-electron chi connectivity index (χ1n) is 9.75. The van der Waals surface area contributed by atoms with E-state index in [-0.39, 0.29) is 24.9 Å². The van der Waals surface area contributed by atoms with Crippen LogP contribution in [0, 0.1) is 0 Å². The smallest absolute Gasteiger partial charge is 0.341 e. The molecule has 1 amide bonds. The molecule has 0 saturated carbocycles. The predicted molar refractivity (Wildman–Crippen MR) is 109 cm³/mol. The average molecular weight is 404 g/mol. The van der Waals surface area contributed by atoms with Crippen LogP contribution in [0.15, 0.2) is 30.3 Å². The van der Waals surface area contributed by atoms with Gasteiger partial charge in [0.2, 0.25) is 5.91 Å². The number of fused-ring (bicyclic) bond motifs is 1. The number of anilines is 1. The van der Waals surface area contributed by atoms with E-state index in [1.807, 2.05) is 30.3 Å². The molecule has 150 valence electrons. The molecule has 2 heterocycles. The second kappa shape index (κ2) is 9.71. The van der Waals surface area contributed by atoms with E-state index in [4.69, 9.17) is 9.47 Å². The van der Waals surface area contributed by atoms with Crippen LogP contribution in [0.4, 0.5) is 5.00 Å². The van der Waals surface area contributed by atoms with Crippen molar-refractivity contribution in [2.75, 3.05) is 31.6 Å². The average Bonchev–Trinajstić information content (AvgIpc) is 3.05. The van der Waals surface area contributed by atoms with Gasteiger partial charge in [0.15, 0.2) is 0 Å². The molecule has 1 atom stereocenters. The highest BCUT2D eigenvalue weighted by molar-refractivity contribution is 7.17. The molecule has 1 aliphatic rings. The molecule has 1 aliphatic heterocycles. The van der Waals surface area contributed by atoms with Crippen molar-refractivity contribution < 1.29 is 24.0 Å². The summed E-state index contributed by atoms with van der Waals surface area (Å²) in [6.45, 7) is 7.47. The molecule has 0 fully saturated rings. The second-order valence-electron chi connectivity index (χ2n) is 6.67. The largest absolute Gasteiger partial charge is 0.493 e. The van der Waals surface area contributed by atoms with Gasteiger partial charge in [-0.05, 0) is 31.5 Å². The molecule has 7 heteroatoms. The number of nitrogens with one attached hydrogen (secondary N) is 2. The molecule has 2 N–H and O–H groups in total. The maximum atomic E-state index is 12.5. The molecule has 0 radical (unpaired) electrons. The van der Waals surface area contributed by atoms with E-state index in [2.05, 4.69) is 12.2 Å². The fraction of sp³-hybridized carbons (Fsp3) is 0.429. The topological polar surface area (TPSA) is 69.1 Å². The summed E-state index contributed by atoms with van der Waals surface area (Å²) in [5, 5.41) is 3.52. The second-order valence-corrected chi connectivity index (χ2v) is 7.77. The third-order valence-electron chi connectivity index (χ3n) is 4.80. The molecule has 0 spiro atoms. The molecule has 1 unspecified atom stereocenters. The van der Waals surface area contributed by atoms with Crippen molar-refractivity contribution >= 4 is 28.2 Å². The van der Waals surface area contributed by atoms with Crippen LogP contribution in [0.1, 0.15) is 41.1 Å². The van der Waals surface area contributed by atoms with Gasteiger partial charge in [0.1, 0.15) is 17.3 Å². The van der Waals surface area contributed by atoms with Gasteiger partial charge in [-0.15, -0.1) is 11.3 Å². The molecule has 2 aromatic rings. The van der Waals surface area contributed by atoms with Crippen molar-refractivity contribution in [3.8, 4) is 5.75 Å². The lowest BCUT2D eigenvalue weighted by molar-refractivity contribution is -0.913. The van der Waals surface area contributed by atoms with Crippen LogP contribution < -0.4 is 15.0 Å². The molecule has 0 bridgehead atoms. The number of ether oxygens (including phenoxy) is 2. The van der Waals surface area contributed by atoms with Crippen LogP contribution in [0.3, 0.4) is 0 Å². The number of esters is 1. The zero-order chi connectivity index (χ0) is 19.9. The van der Waals surface area contributed by atoms with E-state index >= 15 is 0 Å². The Kier molecular flexibility index (Phi) is 7.06. The first-order chi connectivity index (χ1) is 13.6. The van der Waals surface area contributed by atoms with Gasteiger partial charge >= 0.3 is 5.97 Å². The molecule has 6 nitrogen and oxygen atoms in total. The maximum Gasteiger partial charge on any atom is 0.341 e. The van der Waals surface area contributed by atoms with E-state index in [0.29, 0.717) is 17.2 Å². The number of amides is 1. The Hall–Kier alpha value is -2.38. The highest BCUT2D eigenvalue weighted by Crippen LogP contribution is 2.35. The van der Waals surface area contributed by atoms with Crippen molar-refractivity contribution in [1.82, 2.24) is 0 Å². The number of rotatable bonds is 8. The van der Waals surface area contributed by atoms with Gasteiger partial charge in [0.25, 0.3) is 0 Å². The number of carbonyl (C=O) groups excluding carboxylic acids is 2. The summed E-state index contributed by atoms with van der Waals surface area (Å²) in [5.41, 5.74) is 1.57. The van der Waals surface area contributed by atoms with Crippen molar-refractivity contribution in [3.63, 3.8) is 0 Å². The zero-order valence-corrected chi connectivity index (χ0v) is 17.2. The first kappa shape index (κ1) is 20.4. The number of thiophene rings is 1. The molecule has 3 rings (SSSR count). The molecule has 0 saturated heterocycles. The molecular formula is C21H27N2O4S+. The van der Waals surface area contributed by atoms with E-state index in [9.17, 15) is 9.59 Å². The van der Waals surface area contributed by atoms with Crippen LogP contribution in [0.5, 0.6) is 5.75 Å². The van der Waals surface area contributed by atoms with Gasteiger partial charge in [-0.25, -0.2) is 4.79 Å². The standard InChI is InChI=1S/C21H26N2O4S/c1-3-23-12-10-16-17(14-23)28-20(19(16)21(25)26-4-2)22-18(24)11-13-27-15-8-6-5-7-9-15/h5-9H,3-4,10-14H2,1-2H3,(H,22,24)/p+1. The van der Waals surface area contributed by atoms with E-state index in [1.54, 1.807) is 6.92 Å². The van der Waals surface area contributed by atoms with Crippen LogP contribution in [-0.2, 0) is 22.5 Å². The predicted octanol–water partition coefficient (Wildman–Crippen LogP) is 2.29. The molecule has 1 aromatic carbocycles. The van der Waals surface area contributed by atoms with Gasteiger partial charge in [0, 0.05) is 6.42 Å². The van der Waals surface area contributed by atoms with Gasteiger partial charge in [-0.3, -0.25) is 4.79 Å². The number of hydrogen-bond donors (Lipinski definition) is 2. The summed E-state index contributed by atoms with van der Waals surface area (Å²) < 4.78 is 10.8. The van der Waals surface area contributed by atoms with E-state index in [1.165, 1.54) is 21.1 Å². The fourth-order valence-electron chi connectivity index (χ4n) is 3.31. The highest BCUT2D eigenvalue weighted by Gasteiger charge is 2.30. The minimum absolute atomic E-state index is 0.167. The summed E-state index contributed by atoms with van der Waals surface area (Å²) in [6.07, 6.45) is 1.04. The lowest BCUT2D eigenvalue weighted by Gasteiger charge is -2.22. The Morgan fingerprint density at radius 2 is 2.00 bits per heavy atom. The summed E-state index contributed by atoms with van der Waals surface area (Å²) in [7, 11) is 0. The van der Waals surface area contributed by atoms with Gasteiger partial charge in [-0.1, -0.05) is 18.2 Å².